The Hall–Kier alpha value is -3.04. The molecule has 0 spiro atoms. The summed E-state index contributed by atoms with van der Waals surface area (Å²) >= 11 is 0. The Kier molecular flexibility index (Phi) is 5.88. The molecule has 9 heteroatoms. The van der Waals surface area contributed by atoms with Crippen LogP contribution in [-0.2, 0) is 15.8 Å². The van der Waals surface area contributed by atoms with Gasteiger partial charge in [0.25, 0.3) is 5.91 Å². The molecular formula is C22H23FN4O3S. The lowest BCUT2D eigenvalue weighted by Crippen LogP contribution is -2.50. The third kappa shape index (κ3) is 4.38. The van der Waals surface area contributed by atoms with Crippen LogP contribution in [0.5, 0.6) is 0 Å². The van der Waals surface area contributed by atoms with E-state index in [1.54, 1.807) is 42.2 Å². The minimum atomic E-state index is -3.46. The molecule has 0 atom stereocenters. The van der Waals surface area contributed by atoms with Gasteiger partial charge in [0.05, 0.1) is 23.2 Å². The average Bonchev–Trinajstić information content (AvgIpc) is 3.15. The molecule has 0 saturated carbocycles. The Balaban J connectivity index is 1.44. The smallest absolute Gasteiger partial charge is 0.257 e. The predicted octanol–water partition coefficient (Wildman–Crippen LogP) is 2.61. The molecule has 7 nitrogen and oxygen atoms in total. The Bertz CT molecular complexity index is 1190. The molecule has 2 aromatic carbocycles. The van der Waals surface area contributed by atoms with Crippen LogP contribution in [0.2, 0.25) is 0 Å². The lowest BCUT2D eigenvalue weighted by molar-refractivity contribution is 0.0697. The summed E-state index contributed by atoms with van der Waals surface area (Å²) in [7, 11) is -3.46. The summed E-state index contributed by atoms with van der Waals surface area (Å²) in [5.74, 6) is -0.721. The van der Waals surface area contributed by atoms with Crippen LogP contribution in [0.4, 0.5) is 4.39 Å². The number of aromatic nitrogens is 2. The van der Waals surface area contributed by atoms with Crippen LogP contribution in [0.3, 0.4) is 0 Å². The Morgan fingerprint density at radius 1 is 1.00 bits per heavy atom. The number of para-hydroxylation sites is 1. The quantitative estimate of drug-likeness (QED) is 0.609. The average molecular weight is 443 g/mol. The van der Waals surface area contributed by atoms with E-state index >= 15 is 0 Å². The number of rotatable bonds is 5. The van der Waals surface area contributed by atoms with Crippen LogP contribution in [0.15, 0.2) is 60.8 Å². The first kappa shape index (κ1) is 21.2. The molecule has 0 unspecified atom stereocenters. The second-order valence-corrected chi connectivity index (χ2v) is 9.41. The molecule has 2 heterocycles. The van der Waals surface area contributed by atoms with Gasteiger partial charge in [0.1, 0.15) is 11.5 Å². The lowest BCUT2D eigenvalue weighted by atomic mass is 10.2. The summed E-state index contributed by atoms with van der Waals surface area (Å²) < 4.78 is 42.4. The summed E-state index contributed by atoms with van der Waals surface area (Å²) in [4.78, 5) is 14.6. The molecule has 162 valence electrons. The van der Waals surface area contributed by atoms with E-state index in [1.807, 2.05) is 18.2 Å². The second-order valence-electron chi connectivity index (χ2n) is 7.44. The van der Waals surface area contributed by atoms with Crippen molar-refractivity contribution in [1.82, 2.24) is 19.0 Å². The van der Waals surface area contributed by atoms with Crippen molar-refractivity contribution in [2.45, 2.75) is 12.7 Å². The number of carbonyl (C=O) groups excluding carboxylic acids is 1. The maximum Gasteiger partial charge on any atom is 0.257 e. The zero-order valence-corrected chi connectivity index (χ0v) is 17.9. The summed E-state index contributed by atoms with van der Waals surface area (Å²) in [6.45, 7) is 2.77. The molecule has 0 N–H and O–H groups in total. The van der Waals surface area contributed by atoms with Crippen molar-refractivity contribution in [2.24, 2.45) is 0 Å². The Morgan fingerprint density at radius 3 is 2.32 bits per heavy atom. The molecule has 3 aromatic rings. The summed E-state index contributed by atoms with van der Waals surface area (Å²) in [5.41, 5.74) is 1.92. The summed E-state index contributed by atoms with van der Waals surface area (Å²) in [6, 6.07) is 15.3. The predicted molar refractivity (Wildman–Crippen MR) is 115 cm³/mol. The van der Waals surface area contributed by atoms with Gasteiger partial charge in [0.15, 0.2) is 0 Å². The normalized spacial score (nSPS) is 15.2. The fourth-order valence-electron chi connectivity index (χ4n) is 3.70. The van der Waals surface area contributed by atoms with Gasteiger partial charge >= 0.3 is 0 Å². The topological polar surface area (TPSA) is 75.5 Å². The largest absolute Gasteiger partial charge is 0.336 e. The van der Waals surface area contributed by atoms with E-state index < -0.39 is 15.8 Å². The van der Waals surface area contributed by atoms with Gasteiger partial charge in [0, 0.05) is 26.2 Å². The van der Waals surface area contributed by atoms with E-state index in [4.69, 9.17) is 0 Å². The van der Waals surface area contributed by atoms with Crippen molar-refractivity contribution < 1.29 is 17.6 Å². The maximum atomic E-state index is 14.1. The van der Waals surface area contributed by atoms with Crippen LogP contribution in [0.25, 0.3) is 5.69 Å². The standard InChI is InChI=1S/C22H23FN4O3S/c1-17-19(15-24-27(17)21-10-6-5-9-20(21)23)22(28)25-11-13-26(14-12-25)31(29,30)16-18-7-3-2-4-8-18/h2-10,15H,11-14,16H2,1H3. The fourth-order valence-corrected chi connectivity index (χ4v) is 5.22. The molecule has 0 bridgehead atoms. The van der Waals surface area contributed by atoms with Gasteiger partial charge in [-0.1, -0.05) is 42.5 Å². The molecule has 1 aromatic heterocycles. The molecular weight excluding hydrogens is 419 g/mol. The Labute approximate surface area is 180 Å². The van der Waals surface area contributed by atoms with E-state index in [-0.39, 0.29) is 43.5 Å². The SMILES string of the molecule is Cc1c(C(=O)N2CCN(S(=O)(=O)Cc3ccccc3)CC2)cnn1-c1ccccc1F. The van der Waals surface area contributed by atoms with Gasteiger partial charge in [-0.15, -0.1) is 0 Å². The van der Waals surface area contributed by atoms with Crippen molar-refractivity contribution in [2.75, 3.05) is 26.2 Å². The number of piperazine rings is 1. The minimum Gasteiger partial charge on any atom is -0.336 e. The molecule has 1 aliphatic heterocycles. The number of carbonyl (C=O) groups is 1. The third-order valence-electron chi connectivity index (χ3n) is 5.43. The van der Waals surface area contributed by atoms with Crippen LogP contribution in [0.1, 0.15) is 21.6 Å². The number of sulfonamides is 1. The highest BCUT2D eigenvalue weighted by Gasteiger charge is 2.30. The molecule has 0 aliphatic carbocycles. The van der Waals surface area contributed by atoms with Crippen LogP contribution in [0, 0.1) is 12.7 Å². The molecule has 1 aliphatic rings. The first-order valence-electron chi connectivity index (χ1n) is 9.97. The first-order valence-corrected chi connectivity index (χ1v) is 11.6. The van der Waals surface area contributed by atoms with Crippen molar-refractivity contribution >= 4 is 15.9 Å². The molecule has 1 fully saturated rings. The van der Waals surface area contributed by atoms with Crippen LogP contribution in [-0.4, -0.2) is 59.5 Å². The number of hydrogen-bond acceptors (Lipinski definition) is 4. The number of hydrogen-bond donors (Lipinski definition) is 0. The zero-order valence-electron chi connectivity index (χ0n) is 17.1. The highest BCUT2D eigenvalue weighted by Crippen LogP contribution is 2.20. The minimum absolute atomic E-state index is 0.0592. The van der Waals surface area contributed by atoms with Crippen LogP contribution < -0.4 is 0 Å². The monoisotopic (exact) mass is 442 g/mol. The van der Waals surface area contributed by atoms with Crippen molar-refractivity contribution in [3.05, 3.63) is 83.4 Å². The highest BCUT2D eigenvalue weighted by atomic mass is 32.2. The van der Waals surface area contributed by atoms with Gasteiger partial charge in [0.2, 0.25) is 10.0 Å². The fraction of sp³-hybridized carbons (Fsp3) is 0.273. The molecule has 1 saturated heterocycles. The van der Waals surface area contributed by atoms with Gasteiger partial charge in [-0.25, -0.2) is 17.5 Å². The second kappa shape index (κ2) is 8.60. The van der Waals surface area contributed by atoms with Gasteiger partial charge in [-0.3, -0.25) is 4.79 Å². The van der Waals surface area contributed by atoms with Gasteiger partial charge in [-0.05, 0) is 24.6 Å². The van der Waals surface area contributed by atoms with Crippen molar-refractivity contribution in [3.8, 4) is 5.69 Å². The highest BCUT2D eigenvalue weighted by molar-refractivity contribution is 7.88. The van der Waals surface area contributed by atoms with Crippen molar-refractivity contribution in [1.29, 1.82) is 0 Å². The lowest BCUT2D eigenvalue weighted by Gasteiger charge is -2.34. The molecule has 4 rings (SSSR count). The van der Waals surface area contributed by atoms with Crippen LogP contribution >= 0.6 is 0 Å². The number of nitrogens with zero attached hydrogens (tertiary/aromatic N) is 4. The number of halogens is 1. The van der Waals surface area contributed by atoms with E-state index in [0.29, 0.717) is 11.3 Å². The van der Waals surface area contributed by atoms with Crippen molar-refractivity contribution in [3.63, 3.8) is 0 Å². The number of amides is 1. The maximum absolute atomic E-state index is 14.1. The summed E-state index contributed by atoms with van der Waals surface area (Å²) in [5, 5.41) is 4.19. The number of benzene rings is 2. The van der Waals surface area contributed by atoms with E-state index in [2.05, 4.69) is 5.10 Å². The Morgan fingerprint density at radius 2 is 1.65 bits per heavy atom. The van der Waals surface area contributed by atoms with E-state index in [1.165, 1.54) is 21.3 Å². The molecule has 0 radical (unpaired) electrons. The van der Waals surface area contributed by atoms with Gasteiger partial charge < -0.3 is 4.90 Å². The zero-order chi connectivity index (χ0) is 22.0. The first-order chi connectivity index (χ1) is 14.9. The third-order valence-corrected chi connectivity index (χ3v) is 7.28. The summed E-state index contributed by atoms with van der Waals surface area (Å²) in [6.07, 6.45) is 1.43. The van der Waals surface area contributed by atoms with Gasteiger partial charge in [-0.2, -0.15) is 9.40 Å². The van der Waals surface area contributed by atoms with E-state index in [0.717, 1.165) is 5.56 Å². The van der Waals surface area contributed by atoms with E-state index in [9.17, 15) is 17.6 Å². The molecule has 31 heavy (non-hydrogen) atoms. The molecule has 1 amide bonds.